The lowest BCUT2D eigenvalue weighted by Crippen LogP contribution is -2.18. The van der Waals surface area contributed by atoms with Crippen LogP contribution in [0.1, 0.15) is 40.9 Å². The first-order chi connectivity index (χ1) is 9.10. The third kappa shape index (κ3) is 3.55. The summed E-state index contributed by atoms with van der Waals surface area (Å²) in [4.78, 5) is 5.74. The fraction of sp³-hybridized carbons (Fsp3) is 0.400. The zero-order chi connectivity index (χ0) is 13.8. The van der Waals surface area contributed by atoms with Crippen LogP contribution in [0.3, 0.4) is 0 Å². The van der Waals surface area contributed by atoms with E-state index in [0.717, 1.165) is 22.6 Å². The molecule has 1 aromatic carbocycles. The number of phenolic OH excluding ortho intramolecular Hbond substituents is 1. The predicted octanol–water partition coefficient (Wildman–Crippen LogP) is 3.57. The Morgan fingerprint density at radius 2 is 2.21 bits per heavy atom. The minimum Gasteiger partial charge on any atom is -0.508 e. The SMILES string of the molecule is CCc1cnc(C(C)NCc2cc(C)ccc2O)s1. The van der Waals surface area contributed by atoms with Gasteiger partial charge in [-0.1, -0.05) is 24.6 Å². The topological polar surface area (TPSA) is 45.2 Å². The second-order valence-corrected chi connectivity index (χ2v) is 5.90. The molecule has 1 heterocycles. The first-order valence-electron chi connectivity index (χ1n) is 6.56. The summed E-state index contributed by atoms with van der Waals surface area (Å²) in [5.74, 6) is 0.346. The van der Waals surface area contributed by atoms with Crippen molar-refractivity contribution in [3.63, 3.8) is 0 Å². The summed E-state index contributed by atoms with van der Waals surface area (Å²) in [6, 6.07) is 5.87. The van der Waals surface area contributed by atoms with Gasteiger partial charge >= 0.3 is 0 Å². The van der Waals surface area contributed by atoms with Crippen molar-refractivity contribution in [2.75, 3.05) is 0 Å². The summed E-state index contributed by atoms with van der Waals surface area (Å²) in [6.07, 6.45) is 2.98. The summed E-state index contributed by atoms with van der Waals surface area (Å²) in [6.45, 7) is 6.92. The van der Waals surface area contributed by atoms with Crippen molar-refractivity contribution in [3.8, 4) is 5.75 Å². The summed E-state index contributed by atoms with van der Waals surface area (Å²) in [5.41, 5.74) is 2.09. The first kappa shape index (κ1) is 14.0. The van der Waals surface area contributed by atoms with E-state index in [4.69, 9.17) is 0 Å². The molecule has 0 fully saturated rings. The van der Waals surface area contributed by atoms with Gasteiger partial charge in [0, 0.05) is 23.2 Å². The van der Waals surface area contributed by atoms with Crippen LogP contribution in [-0.4, -0.2) is 10.1 Å². The van der Waals surface area contributed by atoms with Crippen molar-refractivity contribution in [2.45, 2.75) is 39.8 Å². The molecule has 0 amide bonds. The molecule has 0 aliphatic carbocycles. The van der Waals surface area contributed by atoms with E-state index in [-0.39, 0.29) is 6.04 Å². The fourth-order valence-electron chi connectivity index (χ4n) is 1.89. The average molecular weight is 276 g/mol. The van der Waals surface area contributed by atoms with Crippen LogP contribution in [0.15, 0.2) is 24.4 Å². The van der Waals surface area contributed by atoms with Crippen molar-refractivity contribution >= 4 is 11.3 Å². The van der Waals surface area contributed by atoms with Gasteiger partial charge in [-0.2, -0.15) is 0 Å². The zero-order valence-electron chi connectivity index (χ0n) is 11.6. The lowest BCUT2D eigenvalue weighted by Gasteiger charge is -2.12. The molecule has 3 nitrogen and oxygen atoms in total. The van der Waals surface area contributed by atoms with E-state index in [1.807, 2.05) is 25.3 Å². The molecule has 2 N–H and O–H groups in total. The van der Waals surface area contributed by atoms with Crippen molar-refractivity contribution in [1.82, 2.24) is 10.3 Å². The second-order valence-electron chi connectivity index (χ2n) is 4.75. The molecule has 2 aromatic rings. The van der Waals surface area contributed by atoms with E-state index < -0.39 is 0 Å². The van der Waals surface area contributed by atoms with Crippen LogP contribution in [0.5, 0.6) is 5.75 Å². The molecule has 1 atom stereocenters. The molecule has 0 saturated heterocycles. The van der Waals surface area contributed by atoms with Gasteiger partial charge in [-0.25, -0.2) is 4.98 Å². The molecule has 0 spiro atoms. The number of nitrogens with one attached hydrogen (secondary N) is 1. The van der Waals surface area contributed by atoms with E-state index in [1.165, 1.54) is 4.88 Å². The van der Waals surface area contributed by atoms with Crippen molar-refractivity contribution in [2.24, 2.45) is 0 Å². The molecule has 2 rings (SSSR count). The highest BCUT2D eigenvalue weighted by molar-refractivity contribution is 7.11. The maximum atomic E-state index is 9.81. The smallest absolute Gasteiger partial charge is 0.120 e. The first-order valence-corrected chi connectivity index (χ1v) is 7.38. The lowest BCUT2D eigenvalue weighted by atomic mass is 10.1. The van der Waals surface area contributed by atoms with Crippen LogP contribution >= 0.6 is 11.3 Å². The number of benzene rings is 1. The minimum absolute atomic E-state index is 0.199. The molecule has 0 aliphatic rings. The number of aromatic nitrogens is 1. The Kier molecular flexibility index (Phi) is 4.56. The van der Waals surface area contributed by atoms with Gasteiger partial charge in [-0.05, 0) is 26.3 Å². The number of thiazole rings is 1. The van der Waals surface area contributed by atoms with Crippen LogP contribution in [0.4, 0.5) is 0 Å². The van der Waals surface area contributed by atoms with Gasteiger partial charge in [0.2, 0.25) is 0 Å². The van der Waals surface area contributed by atoms with Crippen LogP contribution in [-0.2, 0) is 13.0 Å². The molecule has 0 bridgehead atoms. The molecular formula is C15H20N2OS. The van der Waals surface area contributed by atoms with Crippen molar-refractivity contribution in [3.05, 3.63) is 45.4 Å². The normalized spacial score (nSPS) is 12.6. The van der Waals surface area contributed by atoms with E-state index in [9.17, 15) is 5.11 Å². The third-order valence-electron chi connectivity index (χ3n) is 3.12. The molecule has 4 heteroatoms. The summed E-state index contributed by atoms with van der Waals surface area (Å²) < 4.78 is 0. The summed E-state index contributed by atoms with van der Waals surface area (Å²) in [5, 5.41) is 14.3. The van der Waals surface area contributed by atoms with E-state index >= 15 is 0 Å². The lowest BCUT2D eigenvalue weighted by molar-refractivity contribution is 0.460. The van der Waals surface area contributed by atoms with E-state index in [0.29, 0.717) is 12.3 Å². The van der Waals surface area contributed by atoms with Crippen LogP contribution in [0.25, 0.3) is 0 Å². The number of hydrogen-bond acceptors (Lipinski definition) is 4. The number of aryl methyl sites for hydroxylation is 2. The number of nitrogens with zero attached hydrogens (tertiary/aromatic N) is 1. The molecular weight excluding hydrogens is 256 g/mol. The van der Waals surface area contributed by atoms with Crippen LogP contribution < -0.4 is 5.32 Å². The Hall–Kier alpha value is -1.39. The molecule has 0 saturated carbocycles. The fourth-order valence-corrected chi connectivity index (χ4v) is 2.78. The van der Waals surface area contributed by atoms with Crippen LogP contribution in [0, 0.1) is 6.92 Å². The highest BCUT2D eigenvalue weighted by atomic mass is 32.1. The Labute approximate surface area is 118 Å². The predicted molar refractivity (Wildman–Crippen MR) is 79.6 cm³/mol. The standard InChI is InChI=1S/C15H20N2OS/c1-4-13-9-17-15(19-13)11(3)16-8-12-7-10(2)5-6-14(12)18/h5-7,9,11,16,18H,4,8H2,1-3H3. The Bertz CT molecular complexity index is 551. The summed E-state index contributed by atoms with van der Waals surface area (Å²) in [7, 11) is 0. The molecule has 19 heavy (non-hydrogen) atoms. The van der Waals surface area contributed by atoms with Gasteiger partial charge < -0.3 is 10.4 Å². The molecule has 0 radical (unpaired) electrons. The number of rotatable bonds is 5. The Balaban J connectivity index is 1.99. The van der Waals surface area contributed by atoms with Gasteiger partial charge in [0.15, 0.2) is 0 Å². The molecule has 1 unspecified atom stereocenters. The second kappa shape index (κ2) is 6.17. The van der Waals surface area contributed by atoms with Crippen molar-refractivity contribution < 1.29 is 5.11 Å². The maximum absolute atomic E-state index is 9.81. The molecule has 102 valence electrons. The van der Waals surface area contributed by atoms with E-state index in [2.05, 4.69) is 24.1 Å². The van der Waals surface area contributed by atoms with Crippen molar-refractivity contribution in [1.29, 1.82) is 0 Å². The monoisotopic (exact) mass is 276 g/mol. The maximum Gasteiger partial charge on any atom is 0.120 e. The Morgan fingerprint density at radius 3 is 2.89 bits per heavy atom. The van der Waals surface area contributed by atoms with Gasteiger partial charge in [-0.15, -0.1) is 11.3 Å². The van der Waals surface area contributed by atoms with Gasteiger partial charge in [0.05, 0.1) is 6.04 Å². The largest absolute Gasteiger partial charge is 0.508 e. The zero-order valence-corrected chi connectivity index (χ0v) is 12.4. The highest BCUT2D eigenvalue weighted by Gasteiger charge is 2.10. The minimum atomic E-state index is 0.199. The number of aromatic hydroxyl groups is 1. The van der Waals surface area contributed by atoms with Gasteiger partial charge in [0.25, 0.3) is 0 Å². The number of phenols is 1. The van der Waals surface area contributed by atoms with E-state index in [1.54, 1.807) is 17.4 Å². The molecule has 0 aliphatic heterocycles. The Morgan fingerprint density at radius 1 is 1.42 bits per heavy atom. The highest BCUT2D eigenvalue weighted by Crippen LogP contribution is 2.22. The quantitative estimate of drug-likeness (QED) is 0.877. The average Bonchev–Trinajstić information content (AvgIpc) is 2.88. The van der Waals surface area contributed by atoms with Gasteiger partial charge in [-0.3, -0.25) is 0 Å². The third-order valence-corrected chi connectivity index (χ3v) is 4.45. The molecule has 1 aromatic heterocycles. The number of hydrogen-bond donors (Lipinski definition) is 2. The van der Waals surface area contributed by atoms with Crippen LogP contribution in [0.2, 0.25) is 0 Å². The van der Waals surface area contributed by atoms with Gasteiger partial charge in [0.1, 0.15) is 10.8 Å². The summed E-state index contributed by atoms with van der Waals surface area (Å²) >= 11 is 1.75.